The van der Waals surface area contributed by atoms with Gasteiger partial charge in [0.15, 0.2) is 0 Å². The molecule has 4 N–H and O–H groups in total. The van der Waals surface area contributed by atoms with E-state index in [2.05, 4.69) is 84.7 Å². The molecule has 188 valence electrons. The Hall–Kier alpha value is -1.29. The Morgan fingerprint density at radius 1 is 0.548 bits per heavy atom. The maximum atomic E-state index is 11.5. The summed E-state index contributed by atoms with van der Waals surface area (Å²) in [5.41, 5.74) is 0. The summed E-state index contributed by atoms with van der Waals surface area (Å²) in [4.78, 5) is 22.2. The SMILES string of the molecule is CNC(=O)NCCC[N+](C)(C)C.C[N+](C)(C)CCCNC(=O)NCCC[N+](C)(C)C.[Cl-]. The van der Waals surface area contributed by atoms with E-state index < -0.39 is 0 Å². The number of nitrogens with one attached hydrogen (secondary N) is 4. The maximum Gasteiger partial charge on any atom is 0.314 e. The number of hydrogen-bond donors (Lipinski definition) is 4. The fourth-order valence-electron chi connectivity index (χ4n) is 2.42. The van der Waals surface area contributed by atoms with Gasteiger partial charge in [-0.1, -0.05) is 0 Å². The van der Waals surface area contributed by atoms with Crippen LogP contribution in [0.5, 0.6) is 0 Å². The zero-order chi connectivity index (χ0) is 23.8. The molecule has 9 nitrogen and oxygen atoms in total. The summed E-state index contributed by atoms with van der Waals surface area (Å²) in [7, 11) is 21.0. The number of urea groups is 2. The van der Waals surface area contributed by atoms with Gasteiger partial charge in [-0.3, -0.25) is 0 Å². The van der Waals surface area contributed by atoms with Crippen molar-refractivity contribution in [1.29, 1.82) is 0 Å². The second-order valence-corrected chi connectivity index (χ2v) is 10.8. The van der Waals surface area contributed by atoms with Crippen molar-refractivity contribution in [2.24, 2.45) is 0 Å². The molecule has 0 fully saturated rings. The Balaban J connectivity index is -0.000000528. The number of quaternary nitrogens is 3. The van der Waals surface area contributed by atoms with Gasteiger partial charge >= 0.3 is 12.1 Å². The lowest BCUT2D eigenvalue weighted by Crippen LogP contribution is -3.00. The van der Waals surface area contributed by atoms with Gasteiger partial charge in [0, 0.05) is 45.9 Å². The van der Waals surface area contributed by atoms with Gasteiger partial charge in [-0.15, -0.1) is 0 Å². The van der Waals surface area contributed by atoms with Crippen LogP contribution in [-0.2, 0) is 0 Å². The van der Waals surface area contributed by atoms with Crippen molar-refractivity contribution in [3.8, 4) is 0 Å². The second kappa shape index (κ2) is 17.3. The molecule has 0 rings (SSSR count). The highest BCUT2D eigenvalue weighted by molar-refractivity contribution is 5.73. The lowest BCUT2D eigenvalue weighted by molar-refractivity contribution is -0.870. The first-order chi connectivity index (χ1) is 13.6. The molecule has 0 unspecified atom stereocenters. The van der Waals surface area contributed by atoms with Crippen LogP contribution in [0.2, 0.25) is 0 Å². The number of carbonyl (C=O) groups excluding carboxylic acids is 2. The van der Waals surface area contributed by atoms with Gasteiger partial charge < -0.3 is 47.1 Å². The number of amides is 4. The van der Waals surface area contributed by atoms with E-state index in [0.717, 1.165) is 72.0 Å². The van der Waals surface area contributed by atoms with Crippen LogP contribution in [0.1, 0.15) is 19.3 Å². The Morgan fingerprint density at radius 2 is 0.806 bits per heavy atom. The van der Waals surface area contributed by atoms with Crippen LogP contribution in [0, 0.1) is 0 Å². The zero-order valence-electron chi connectivity index (χ0n) is 21.9. The van der Waals surface area contributed by atoms with Crippen molar-refractivity contribution >= 4 is 12.1 Å². The molecular formula is C21H52ClN7O2+2. The van der Waals surface area contributed by atoms with Crippen LogP contribution in [0.4, 0.5) is 9.59 Å². The van der Waals surface area contributed by atoms with Gasteiger partial charge in [-0.25, -0.2) is 9.59 Å². The number of halogens is 1. The van der Waals surface area contributed by atoms with E-state index in [9.17, 15) is 9.59 Å². The number of nitrogens with zero attached hydrogens (tertiary/aromatic N) is 3. The Bertz CT molecular complexity index is 446. The van der Waals surface area contributed by atoms with Gasteiger partial charge in [-0.2, -0.15) is 0 Å². The lowest BCUT2D eigenvalue weighted by Gasteiger charge is -2.24. The lowest BCUT2D eigenvalue weighted by atomic mass is 10.3. The summed E-state index contributed by atoms with van der Waals surface area (Å²) in [6.45, 7) is 5.45. The van der Waals surface area contributed by atoms with Crippen LogP contribution in [0.25, 0.3) is 0 Å². The summed E-state index contributed by atoms with van der Waals surface area (Å²) in [6, 6.07) is -0.144. The Kier molecular flexibility index (Phi) is 19.1. The van der Waals surface area contributed by atoms with E-state index in [1.165, 1.54) is 0 Å². The molecule has 0 heterocycles. The largest absolute Gasteiger partial charge is 1.00 e. The van der Waals surface area contributed by atoms with Crippen molar-refractivity contribution in [3.05, 3.63) is 0 Å². The molecule has 0 bridgehead atoms. The van der Waals surface area contributed by atoms with Gasteiger partial charge in [0.1, 0.15) is 0 Å². The summed E-state index contributed by atoms with van der Waals surface area (Å²) in [6.07, 6.45) is 3.03. The van der Waals surface area contributed by atoms with Gasteiger partial charge in [0.05, 0.1) is 83.1 Å². The van der Waals surface area contributed by atoms with Crippen LogP contribution < -0.4 is 33.7 Å². The molecule has 0 atom stereocenters. The maximum absolute atomic E-state index is 11.5. The topological polar surface area (TPSA) is 82.3 Å². The van der Waals surface area contributed by atoms with Crippen molar-refractivity contribution in [2.75, 3.05) is 110 Å². The minimum Gasteiger partial charge on any atom is -1.00 e. The molecule has 31 heavy (non-hydrogen) atoms. The predicted molar refractivity (Wildman–Crippen MR) is 126 cm³/mol. The van der Waals surface area contributed by atoms with Gasteiger partial charge in [-0.05, 0) is 0 Å². The molecular weight excluding hydrogens is 418 g/mol. The molecule has 4 amide bonds. The average molecular weight is 470 g/mol. The second-order valence-electron chi connectivity index (χ2n) is 10.8. The molecule has 0 aromatic heterocycles. The highest BCUT2D eigenvalue weighted by Gasteiger charge is 2.08. The van der Waals surface area contributed by atoms with Crippen molar-refractivity contribution in [1.82, 2.24) is 21.3 Å². The highest BCUT2D eigenvalue weighted by atomic mass is 35.5. The van der Waals surface area contributed by atoms with E-state index in [1.807, 2.05) is 0 Å². The first-order valence-electron chi connectivity index (χ1n) is 10.9. The molecule has 0 aromatic rings. The summed E-state index contributed by atoms with van der Waals surface area (Å²) < 4.78 is 2.81. The Morgan fingerprint density at radius 3 is 1.03 bits per heavy atom. The molecule has 0 saturated carbocycles. The highest BCUT2D eigenvalue weighted by Crippen LogP contribution is 1.93. The zero-order valence-corrected chi connectivity index (χ0v) is 22.7. The minimum absolute atomic E-state index is 0. The summed E-state index contributed by atoms with van der Waals surface area (Å²) in [5, 5.41) is 11.0. The first kappa shape index (κ1) is 34.3. The quantitative estimate of drug-likeness (QED) is 0.188. The van der Waals surface area contributed by atoms with E-state index in [-0.39, 0.29) is 24.5 Å². The van der Waals surface area contributed by atoms with Crippen LogP contribution >= 0.6 is 0 Å². The van der Waals surface area contributed by atoms with E-state index >= 15 is 0 Å². The fraction of sp³-hybridized carbons (Fsp3) is 0.905. The van der Waals surface area contributed by atoms with Crippen molar-refractivity contribution in [2.45, 2.75) is 19.3 Å². The number of rotatable bonds is 12. The molecule has 0 aliphatic rings. The van der Waals surface area contributed by atoms with E-state index in [4.69, 9.17) is 0 Å². The normalized spacial score (nSPS) is 11.4. The predicted octanol–water partition coefficient (Wildman–Crippen LogP) is -2.51. The van der Waals surface area contributed by atoms with E-state index in [0.29, 0.717) is 0 Å². The molecule has 0 saturated heterocycles. The van der Waals surface area contributed by atoms with Crippen LogP contribution in [0.15, 0.2) is 0 Å². The van der Waals surface area contributed by atoms with Gasteiger partial charge in [0.25, 0.3) is 0 Å². The molecule has 0 aromatic carbocycles. The molecule has 0 aliphatic carbocycles. The van der Waals surface area contributed by atoms with Gasteiger partial charge in [0.2, 0.25) is 0 Å². The number of carbonyl (C=O) groups is 2. The third-order valence-corrected chi connectivity index (χ3v) is 4.10. The number of hydrogen-bond acceptors (Lipinski definition) is 2. The summed E-state index contributed by atoms with van der Waals surface area (Å²) >= 11 is 0. The molecule has 0 radical (unpaired) electrons. The molecule has 10 heteroatoms. The third-order valence-electron chi connectivity index (χ3n) is 4.10. The molecule has 0 spiro atoms. The monoisotopic (exact) mass is 469 g/mol. The fourth-order valence-corrected chi connectivity index (χ4v) is 2.42. The minimum atomic E-state index is -0.101. The molecule has 0 aliphatic heterocycles. The van der Waals surface area contributed by atoms with Crippen LogP contribution in [-0.4, -0.2) is 135 Å². The van der Waals surface area contributed by atoms with E-state index in [1.54, 1.807) is 7.05 Å². The third kappa shape index (κ3) is 33.5. The van der Waals surface area contributed by atoms with Crippen molar-refractivity contribution < 1.29 is 35.4 Å². The Labute approximate surface area is 198 Å². The van der Waals surface area contributed by atoms with Crippen molar-refractivity contribution in [3.63, 3.8) is 0 Å². The average Bonchev–Trinajstić information content (AvgIpc) is 2.57. The standard InChI is InChI=1S/C13H31N4O.C8H19N3O.ClH/c1-16(2,3)11-7-9-14-13(18)15-10-8-12-17(4,5)6;1-9-8(12)10-6-5-7-11(2,3)4;/h7-12H2,1-6H3,(H-,14,15,18);5-7H2,1-4H3,(H-,9,10,12);1H/q+1;;/p+1. The van der Waals surface area contributed by atoms with Crippen LogP contribution in [0.3, 0.4) is 0 Å². The summed E-state index contributed by atoms with van der Waals surface area (Å²) in [5.74, 6) is 0. The smallest absolute Gasteiger partial charge is 0.314 e. The first-order valence-corrected chi connectivity index (χ1v) is 10.9.